The summed E-state index contributed by atoms with van der Waals surface area (Å²) in [6.07, 6.45) is -2.88. The average Bonchev–Trinajstić information content (AvgIpc) is 1.53. The van der Waals surface area contributed by atoms with Gasteiger partial charge in [0.1, 0.15) is 0 Å². The molecule has 2 N–H and O–H groups in total. The molecule has 0 amide bonds. The first kappa shape index (κ1) is 10.1. The summed E-state index contributed by atoms with van der Waals surface area (Å²) >= 11 is 0. The molecule has 0 aromatic rings. The van der Waals surface area contributed by atoms with E-state index < -0.39 is 18.0 Å². The van der Waals surface area contributed by atoms with Gasteiger partial charge >= 0.3 is 6.18 Å². The second-order valence-electron chi connectivity index (χ2n) is 4.18. The molecule has 1 nitrogen and oxygen atoms in total. The van der Waals surface area contributed by atoms with Gasteiger partial charge in [0.05, 0.1) is 0 Å². The molecule has 0 aromatic carbocycles. The molecule has 3 aliphatic rings. The lowest BCUT2D eigenvalue weighted by atomic mass is 9.39. The van der Waals surface area contributed by atoms with Gasteiger partial charge < -0.3 is 5.73 Å². The van der Waals surface area contributed by atoms with E-state index in [4.69, 9.17) is 5.73 Å². The van der Waals surface area contributed by atoms with Gasteiger partial charge in [-0.3, -0.25) is 0 Å². The van der Waals surface area contributed by atoms with Crippen LogP contribution in [0.3, 0.4) is 0 Å². The zero-order valence-corrected chi connectivity index (χ0v) is 7.26. The summed E-state index contributed by atoms with van der Waals surface area (Å²) in [6.45, 7) is 0. The maximum absolute atomic E-state index is 11.9. The largest absolute Gasteiger partial charge is 0.389 e. The van der Waals surface area contributed by atoms with E-state index in [1.807, 2.05) is 0 Å². The van der Waals surface area contributed by atoms with Crippen molar-refractivity contribution in [1.82, 2.24) is 0 Å². The Morgan fingerprint density at radius 1 is 1.17 bits per heavy atom. The molecular weight excluding hydrogens is 191 g/mol. The molecular formula is C7H11ClF3N. The first-order chi connectivity index (χ1) is 4.83. The summed E-state index contributed by atoms with van der Waals surface area (Å²) < 4.78 is 35.6. The van der Waals surface area contributed by atoms with Crippen LogP contribution in [0, 0.1) is 5.41 Å². The molecule has 0 saturated heterocycles. The van der Waals surface area contributed by atoms with E-state index in [2.05, 4.69) is 0 Å². The summed E-state index contributed by atoms with van der Waals surface area (Å²) in [5, 5.41) is 0. The molecule has 3 saturated carbocycles. The zero-order chi connectivity index (χ0) is 8.33. The lowest BCUT2D eigenvalue weighted by Crippen LogP contribution is -2.72. The first-order valence-corrected chi connectivity index (χ1v) is 3.68. The molecule has 0 aromatic heterocycles. The molecule has 0 aliphatic heterocycles. The van der Waals surface area contributed by atoms with Crippen molar-refractivity contribution >= 4 is 12.4 Å². The van der Waals surface area contributed by atoms with Crippen LogP contribution in [0.15, 0.2) is 0 Å². The Kier molecular flexibility index (Phi) is 1.93. The van der Waals surface area contributed by atoms with Crippen molar-refractivity contribution in [3.05, 3.63) is 0 Å². The predicted molar refractivity (Wildman–Crippen MR) is 41.1 cm³/mol. The zero-order valence-electron chi connectivity index (χ0n) is 6.45. The van der Waals surface area contributed by atoms with Crippen LogP contribution < -0.4 is 5.73 Å². The van der Waals surface area contributed by atoms with E-state index in [1.54, 1.807) is 0 Å². The number of nitrogens with two attached hydrogens (primary N) is 1. The first-order valence-electron chi connectivity index (χ1n) is 3.68. The van der Waals surface area contributed by atoms with Gasteiger partial charge in [0.25, 0.3) is 0 Å². The minimum atomic E-state index is -4.00. The minimum Gasteiger partial charge on any atom is -0.325 e. The number of hydrogen-bond acceptors (Lipinski definition) is 1. The second kappa shape index (κ2) is 2.29. The van der Waals surface area contributed by atoms with E-state index in [0.29, 0.717) is 19.3 Å². The fourth-order valence-electron chi connectivity index (χ4n) is 2.70. The molecule has 0 spiro atoms. The smallest absolute Gasteiger partial charge is 0.325 e. The van der Waals surface area contributed by atoms with Gasteiger partial charge in [0.2, 0.25) is 0 Å². The van der Waals surface area contributed by atoms with Crippen molar-refractivity contribution < 1.29 is 13.2 Å². The standard InChI is InChI=1S/C7H10F3N.ClH/c8-7(9,10)4-5-1-6(11,2-5)3-5;/h1-4,11H2;1H. The van der Waals surface area contributed by atoms with E-state index >= 15 is 0 Å². The number of alkyl halides is 3. The molecule has 72 valence electrons. The molecule has 3 aliphatic carbocycles. The SMILES string of the molecule is Cl.NC12CC(CC(F)(F)F)(C1)C2. The molecule has 12 heavy (non-hydrogen) atoms. The van der Waals surface area contributed by atoms with Gasteiger partial charge in [-0.2, -0.15) is 13.2 Å². The van der Waals surface area contributed by atoms with Gasteiger partial charge in [0.15, 0.2) is 0 Å². The molecule has 0 unspecified atom stereocenters. The Labute approximate surface area is 74.9 Å². The second-order valence-corrected chi connectivity index (χ2v) is 4.18. The topological polar surface area (TPSA) is 26.0 Å². The Morgan fingerprint density at radius 3 is 1.83 bits per heavy atom. The van der Waals surface area contributed by atoms with Gasteiger partial charge in [-0.1, -0.05) is 0 Å². The van der Waals surface area contributed by atoms with E-state index in [9.17, 15) is 13.2 Å². The Morgan fingerprint density at radius 2 is 1.58 bits per heavy atom. The van der Waals surface area contributed by atoms with Crippen LogP contribution in [0.4, 0.5) is 13.2 Å². The van der Waals surface area contributed by atoms with Crippen LogP contribution in [0.1, 0.15) is 25.7 Å². The Bertz CT molecular complexity index is 182. The fraction of sp³-hybridized carbons (Fsp3) is 1.00. The van der Waals surface area contributed by atoms with Crippen molar-refractivity contribution in [2.75, 3.05) is 0 Å². The fourth-order valence-corrected chi connectivity index (χ4v) is 2.70. The third-order valence-corrected chi connectivity index (χ3v) is 2.76. The van der Waals surface area contributed by atoms with Crippen LogP contribution in [-0.2, 0) is 0 Å². The monoisotopic (exact) mass is 201 g/mol. The van der Waals surface area contributed by atoms with Gasteiger partial charge in [-0.25, -0.2) is 0 Å². The summed E-state index contributed by atoms with van der Waals surface area (Å²) in [5.41, 5.74) is 4.98. The number of hydrogen-bond donors (Lipinski definition) is 1. The third-order valence-electron chi connectivity index (χ3n) is 2.76. The van der Waals surface area contributed by atoms with E-state index in [-0.39, 0.29) is 17.9 Å². The summed E-state index contributed by atoms with van der Waals surface area (Å²) in [4.78, 5) is 0. The van der Waals surface area contributed by atoms with Crippen molar-refractivity contribution in [1.29, 1.82) is 0 Å². The molecule has 0 heterocycles. The molecule has 3 fully saturated rings. The highest BCUT2D eigenvalue weighted by Gasteiger charge is 2.68. The molecule has 0 atom stereocenters. The quantitative estimate of drug-likeness (QED) is 0.692. The third kappa shape index (κ3) is 1.42. The highest BCUT2D eigenvalue weighted by atomic mass is 35.5. The van der Waals surface area contributed by atoms with Crippen LogP contribution in [0.25, 0.3) is 0 Å². The Hall–Kier alpha value is 0.0400. The maximum Gasteiger partial charge on any atom is 0.389 e. The number of halogens is 4. The van der Waals surface area contributed by atoms with E-state index in [1.165, 1.54) is 0 Å². The van der Waals surface area contributed by atoms with Gasteiger partial charge in [-0.15, -0.1) is 12.4 Å². The highest BCUT2D eigenvalue weighted by Crippen LogP contribution is 2.69. The highest BCUT2D eigenvalue weighted by molar-refractivity contribution is 5.85. The number of rotatable bonds is 1. The van der Waals surface area contributed by atoms with Crippen LogP contribution >= 0.6 is 12.4 Å². The van der Waals surface area contributed by atoms with Crippen LogP contribution in [0.2, 0.25) is 0 Å². The summed E-state index contributed by atoms with van der Waals surface area (Å²) in [6, 6.07) is 0. The molecule has 2 bridgehead atoms. The summed E-state index contributed by atoms with van der Waals surface area (Å²) in [7, 11) is 0. The molecule has 0 radical (unpaired) electrons. The maximum atomic E-state index is 11.9. The molecule has 5 heteroatoms. The average molecular weight is 202 g/mol. The van der Waals surface area contributed by atoms with Crippen molar-refractivity contribution in [2.45, 2.75) is 37.4 Å². The van der Waals surface area contributed by atoms with E-state index in [0.717, 1.165) is 0 Å². The predicted octanol–water partition coefficient (Wildman–Crippen LogP) is 2.24. The molecule has 3 rings (SSSR count). The van der Waals surface area contributed by atoms with Crippen LogP contribution in [-0.4, -0.2) is 11.7 Å². The van der Waals surface area contributed by atoms with Crippen molar-refractivity contribution in [2.24, 2.45) is 11.1 Å². The normalized spacial score (nSPS) is 44.0. The minimum absolute atomic E-state index is 0. The van der Waals surface area contributed by atoms with Crippen molar-refractivity contribution in [3.8, 4) is 0 Å². The van der Waals surface area contributed by atoms with Crippen LogP contribution in [0.5, 0.6) is 0 Å². The van der Waals surface area contributed by atoms with Crippen molar-refractivity contribution in [3.63, 3.8) is 0 Å². The van der Waals surface area contributed by atoms with Gasteiger partial charge in [0, 0.05) is 12.0 Å². The Balaban J connectivity index is 0.000000720. The van der Waals surface area contributed by atoms with Gasteiger partial charge in [-0.05, 0) is 24.7 Å². The summed E-state index contributed by atoms with van der Waals surface area (Å²) in [5.74, 6) is 0. The lowest BCUT2D eigenvalue weighted by molar-refractivity contribution is -0.228. The lowest BCUT2D eigenvalue weighted by Gasteiger charge is -2.69.